The molecule has 0 unspecified atom stereocenters. The van der Waals surface area contributed by atoms with Crippen molar-refractivity contribution in [1.82, 2.24) is 5.16 Å². The molecule has 0 fully saturated rings. The number of thiophene rings is 1. The first-order chi connectivity index (χ1) is 10.1. The molecule has 3 aromatic rings. The van der Waals surface area contributed by atoms with Crippen LogP contribution in [0.5, 0.6) is 5.75 Å². The number of aryl methyl sites for hydroxylation is 2. The van der Waals surface area contributed by atoms with Crippen LogP contribution >= 0.6 is 11.3 Å². The number of nitrogens with two attached hydrogens (primary N) is 1. The van der Waals surface area contributed by atoms with Crippen molar-refractivity contribution in [2.45, 2.75) is 13.8 Å². The summed E-state index contributed by atoms with van der Waals surface area (Å²) in [5.74, 6) is 1.92. The second-order valence-corrected chi connectivity index (χ2v) is 6.15. The van der Waals surface area contributed by atoms with Gasteiger partial charge < -0.3 is 15.0 Å². The summed E-state index contributed by atoms with van der Waals surface area (Å²) in [4.78, 5) is 2.23. The van der Waals surface area contributed by atoms with E-state index in [-0.39, 0.29) is 0 Å². The first-order valence-corrected chi connectivity index (χ1v) is 7.38. The topological polar surface area (TPSA) is 61.3 Å². The maximum atomic E-state index is 6.01. The Morgan fingerprint density at radius 3 is 2.67 bits per heavy atom. The number of hydrogen-bond acceptors (Lipinski definition) is 5. The highest BCUT2D eigenvalue weighted by Crippen LogP contribution is 2.40. The van der Waals surface area contributed by atoms with Crippen LogP contribution in [0.3, 0.4) is 0 Å². The molecule has 0 atom stereocenters. The SMILES string of the molecule is COc1cc(-c2c(N)noc2-c2ccc(C)s2)ccc1C. The molecule has 0 radical (unpaired) electrons. The lowest BCUT2D eigenvalue weighted by atomic mass is 10.0. The van der Waals surface area contributed by atoms with Gasteiger partial charge in [0.2, 0.25) is 0 Å². The van der Waals surface area contributed by atoms with E-state index in [0.717, 1.165) is 27.3 Å². The average Bonchev–Trinajstić information content (AvgIpc) is 3.05. The Hall–Kier alpha value is -2.27. The van der Waals surface area contributed by atoms with Crippen LogP contribution in [-0.4, -0.2) is 12.3 Å². The van der Waals surface area contributed by atoms with Gasteiger partial charge in [-0.15, -0.1) is 11.3 Å². The molecule has 2 aromatic heterocycles. The lowest BCUT2D eigenvalue weighted by Gasteiger charge is -2.07. The summed E-state index contributed by atoms with van der Waals surface area (Å²) < 4.78 is 10.8. The molecule has 0 saturated heterocycles. The molecular formula is C16H16N2O2S. The Morgan fingerprint density at radius 2 is 2.00 bits per heavy atom. The van der Waals surface area contributed by atoms with Gasteiger partial charge in [-0.05, 0) is 43.2 Å². The van der Waals surface area contributed by atoms with Crippen LogP contribution in [0.1, 0.15) is 10.4 Å². The largest absolute Gasteiger partial charge is 0.496 e. The van der Waals surface area contributed by atoms with E-state index in [2.05, 4.69) is 18.1 Å². The number of methoxy groups -OCH3 is 1. The molecule has 1 aromatic carbocycles. The molecule has 108 valence electrons. The summed E-state index contributed by atoms with van der Waals surface area (Å²) in [6.45, 7) is 4.06. The minimum absolute atomic E-state index is 0.391. The molecule has 2 N–H and O–H groups in total. The Labute approximate surface area is 127 Å². The van der Waals surface area contributed by atoms with Crippen molar-refractivity contribution in [3.63, 3.8) is 0 Å². The Balaban J connectivity index is 2.17. The summed E-state index contributed by atoms with van der Waals surface area (Å²) in [6, 6.07) is 10.0. The van der Waals surface area contributed by atoms with Crippen LogP contribution in [0.25, 0.3) is 21.8 Å². The predicted molar refractivity (Wildman–Crippen MR) is 85.7 cm³/mol. The van der Waals surface area contributed by atoms with Gasteiger partial charge in [-0.2, -0.15) is 0 Å². The van der Waals surface area contributed by atoms with Gasteiger partial charge in [0.15, 0.2) is 11.6 Å². The van der Waals surface area contributed by atoms with E-state index in [0.29, 0.717) is 11.6 Å². The third kappa shape index (κ3) is 2.40. The summed E-state index contributed by atoms with van der Waals surface area (Å²) >= 11 is 1.66. The molecule has 2 heterocycles. The standard InChI is InChI=1S/C16H16N2O2S/c1-9-4-6-11(8-12(9)19-3)14-15(20-18-16(14)17)13-7-5-10(2)21-13/h4-8H,1-3H3,(H2,17,18). The fraction of sp³-hybridized carbons (Fsp3) is 0.188. The van der Waals surface area contributed by atoms with Gasteiger partial charge in [-0.25, -0.2) is 0 Å². The third-order valence-corrected chi connectivity index (χ3v) is 4.38. The van der Waals surface area contributed by atoms with Gasteiger partial charge in [0.25, 0.3) is 0 Å². The molecule has 4 nitrogen and oxygen atoms in total. The molecule has 5 heteroatoms. The van der Waals surface area contributed by atoms with Gasteiger partial charge >= 0.3 is 0 Å². The molecule has 0 spiro atoms. The predicted octanol–water partition coefficient (Wildman–Crippen LogP) is 4.28. The maximum Gasteiger partial charge on any atom is 0.186 e. The number of hydrogen-bond donors (Lipinski definition) is 1. The zero-order valence-electron chi connectivity index (χ0n) is 12.1. The number of anilines is 1. The van der Waals surface area contributed by atoms with Crippen LogP contribution in [0, 0.1) is 13.8 Å². The van der Waals surface area contributed by atoms with Crippen molar-refractivity contribution < 1.29 is 9.26 Å². The second-order valence-electron chi connectivity index (χ2n) is 4.87. The Bertz CT molecular complexity index is 789. The summed E-state index contributed by atoms with van der Waals surface area (Å²) in [7, 11) is 1.66. The number of aromatic nitrogens is 1. The zero-order chi connectivity index (χ0) is 15.0. The Morgan fingerprint density at radius 1 is 1.19 bits per heavy atom. The fourth-order valence-corrected chi connectivity index (χ4v) is 3.13. The van der Waals surface area contributed by atoms with Gasteiger partial charge in [0.1, 0.15) is 5.75 Å². The number of nitrogen functional groups attached to an aromatic ring is 1. The number of rotatable bonds is 3. The van der Waals surface area contributed by atoms with Crippen molar-refractivity contribution in [1.29, 1.82) is 0 Å². The first kappa shape index (κ1) is 13.7. The first-order valence-electron chi connectivity index (χ1n) is 6.57. The summed E-state index contributed by atoms with van der Waals surface area (Å²) in [6.07, 6.45) is 0. The lowest BCUT2D eigenvalue weighted by molar-refractivity contribution is 0.412. The van der Waals surface area contributed by atoms with Crippen molar-refractivity contribution in [2.24, 2.45) is 0 Å². The van der Waals surface area contributed by atoms with E-state index in [1.807, 2.05) is 31.2 Å². The molecule has 0 aliphatic rings. The molecule has 0 aliphatic carbocycles. The minimum Gasteiger partial charge on any atom is -0.496 e. The molecule has 0 amide bonds. The molecule has 0 bridgehead atoms. The lowest BCUT2D eigenvalue weighted by Crippen LogP contribution is -1.91. The number of benzene rings is 1. The summed E-state index contributed by atoms with van der Waals surface area (Å²) in [5, 5.41) is 3.93. The molecule has 0 saturated carbocycles. The van der Waals surface area contributed by atoms with Crippen LogP contribution in [-0.2, 0) is 0 Å². The quantitative estimate of drug-likeness (QED) is 0.784. The van der Waals surface area contributed by atoms with Crippen LogP contribution in [0.15, 0.2) is 34.9 Å². The minimum atomic E-state index is 0.391. The van der Waals surface area contributed by atoms with E-state index in [9.17, 15) is 0 Å². The zero-order valence-corrected chi connectivity index (χ0v) is 13.0. The van der Waals surface area contributed by atoms with Crippen molar-refractivity contribution in [3.05, 3.63) is 40.8 Å². The molecule has 0 aliphatic heterocycles. The van der Waals surface area contributed by atoms with Crippen LogP contribution < -0.4 is 10.5 Å². The van der Waals surface area contributed by atoms with E-state index in [4.69, 9.17) is 15.0 Å². The maximum absolute atomic E-state index is 6.01. The molecular weight excluding hydrogens is 284 g/mol. The highest BCUT2D eigenvalue weighted by molar-refractivity contribution is 7.15. The monoisotopic (exact) mass is 300 g/mol. The van der Waals surface area contributed by atoms with Crippen molar-refractivity contribution in [2.75, 3.05) is 12.8 Å². The normalized spacial score (nSPS) is 10.8. The summed E-state index contributed by atoms with van der Waals surface area (Å²) in [5.41, 5.74) is 8.84. The van der Waals surface area contributed by atoms with Gasteiger partial charge in [-0.1, -0.05) is 17.3 Å². The second kappa shape index (κ2) is 5.26. The van der Waals surface area contributed by atoms with E-state index in [1.54, 1.807) is 18.4 Å². The molecule has 3 rings (SSSR count). The van der Waals surface area contributed by atoms with Gasteiger partial charge in [0.05, 0.1) is 17.6 Å². The van der Waals surface area contributed by atoms with Gasteiger partial charge in [0, 0.05) is 4.88 Å². The van der Waals surface area contributed by atoms with E-state index < -0.39 is 0 Å². The number of nitrogens with zero attached hydrogens (tertiary/aromatic N) is 1. The smallest absolute Gasteiger partial charge is 0.186 e. The number of ether oxygens (including phenoxy) is 1. The van der Waals surface area contributed by atoms with E-state index in [1.165, 1.54) is 4.88 Å². The van der Waals surface area contributed by atoms with Crippen molar-refractivity contribution in [3.8, 4) is 27.5 Å². The third-order valence-electron chi connectivity index (χ3n) is 3.38. The Kier molecular flexibility index (Phi) is 3.43. The average molecular weight is 300 g/mol. The van der Waals surface area contributed by atoms with Crippen LogP contribution in [0.2, 0.25) is 0 Å². The molecule has 21 heavy (non-hydrogen) atoms. The van der Waals surface area contributed by atoms with E-state index >= 15 is 0 Å². The fourth-order valence-electron chi connectivity index (χ4n) is 2.28. The van der Waals surface area contributed by atoms with Crippen molar-refractivity contribution >= 4 is 17.2 Å². The highest BCUT2D eigenvalue weighted by Gasteiger charge is 2.19. The van der Waals surface area contributed by atoms with Crippen LogP contribution in [0.4, 0.5) is 5.82 Å². The van der Waals surface area contributed by atoms with Gasteiger partial charge in [-0.3, -0.25) is 0 Å². The highest BCUT2D eigenvalue weighted by atomic mass is 32.1.